The molecule has 0 aromatic heterocycles. The molecule has 1 saturated carbocycles. The molecule has 0 aliphatic heterocycles. The van der Waals surface area contributed by atoms with Crippen molar-refractivity contribution >= 4 is 0 Å². The summed E-state index contributed by atoms with van der Waals surface area (Å²) in [6.45, 7) is 4.07. The summed E-state index contributed by atoms with van der Waals surface area (Å²) in [6.07, 6.45) is 2.61. The number of rotatable bonds is 1. The number of halogens is 2. The summed E-state index contributed by atoms with van der Waals surface area (Å²) in [6, 6.07) is 3.71. The van der Waals surface area contributed by atoms with E-state index in [2.05, 4.69) is 6.92 Å². The predicted octanol–water partition coefficient (Wildman–Crippen LogP) is 3.61. The highest BCUT2D eigenvalue weighted by Gasteiger charge is 2.41. The minimum atomic E-state index is -1.02. The molecule has 0 heterocycles. The first-order valence-corrected chi connectivity index (χ1v) is 6.13. The van der Waals surface area contributed by atoms with Crippen LogP contribution in [0.5, 0.6) is 0 Å². The lowest BCUT2D eigenvalue weighted by Crippen LogP contribution is -2.40. The molecule has 0 saturated heterocycles. The third-order valence-electron chi connectivity index (χ3n) is 4.24. The monoisotopic (exact) mass is 240 g/mol. The maximum absolute atomic E-state index is 13.2. The highest BCUT2D eigenvalue weighted by atomic mass is 19.2. The van der Waals surface area contributed by atoms with Crippen molar-refractivity contribution in [3.05, 3.63) is 35.4 Å². The van der Waals surface area contributed by atoms with Gasteiger partial charge in [0.05, 0.1) is 5.60 Å². The van der Waals surface area contributed by atoms with Crippen molar-refractivity contribution in [2.45, 2.75) is 38.7 Å². The lowest BCUT2D eigenvalue weighted by Gasteiger charge is -2.42. The van der Waals surface area contributed by atoms with E-state index in [1.807, 2.05) is 6.92 Å². The van der Waals surface area contributed by atoms with Crippen LogP contribution < -0.4 is 0 Å². The molecule has 3 heteroatoms. The Bertz CT molecular complexity index is 419. The maximum Gasteiger partial charge on any atom is 0.159 e. The van der Waals surface area contributed by atoms with Gasteiger partial charge in [0.2, 0.25) is 0 Å². The molecule has 17 heavy (non-hydrogen) atoms. The summed E-state index contributed by atoms with van der Waals surface area (Å²) < 4.78 is 26.2. The zero-order valence-electron chi connectivity index (χ0n) is 10.2. The van der Waals surface area contributed by atoms with E-state index in [4.69, 9.17) is 0 Å². The van der Waals surface area contributed by atoms with Crippen molar-refractivity contribution in [2.75, 3.05) is 0 Å². The molecule has 0 amide bonds. The lowest BCUT2D eigenvalue weighted by atomic mass is 9.67. The van der Waals surface area contributed by atoms with Crippen molar-refractivity contribution in [3.8, 4) is 0 Å². The fourth-order valence-corrected chi connectivity index (χ4v) is 2.81. The van der Waals surface area contributed by atoms with Gasteiger partial charge < -0.3 is 5.11 Å². The molecule has 94 valence electrons. The summed E-state index contributed by atoms with van der Waals surface area (Å²) in [5.74, 6) is -1.31. The van der Waals surface area contributed by atoms with E-state index in [1.54, 1.807) is 0 Å². The summed E-state index contributed by atoms with van der Waals surface area (Å²) in [4.78, 5) is 0. The van der Waals surface area contributed by atoms with Crippen LogP contribution >= 0.6 is 0 Å². The molecular weight excluding hydrogens is 222 g/mol. The van der Waals surface area contributed by atoms with E-state index in [9.17, 15) is 13.9 Å². The molecule has 0 radical (unpaired) electrons. The Morgan fingerprint density at radius 3 is 2.59 bits per heavy atom. The average molecular weight is 240 g/mol. The second-order valence-corrected chi connectivity index (χ2v) is 5.21. The van der Waals surface area contributed by atoms with Crippen LogP contribution in [0.15, 0.2) is 18.2 Å². The van der Waals surface area contributed by atoms with Crippen LogP contribution in [-0.2, 0) is 5.60 Å². The second-order valence-electron chi connectivity index (χ2n) is 5.21. The smallest absolute Gasteiger partial charge is 0.159 e. The second kappa shape index (κ2) is 4.37. The number of aliphatic hydroxyl groups is 1. The Morgan fingerprint density at radius 2 is 1.94 bits per heavy atom. The van der Waals surface area contributed by atoms with Crippen LogP contribution in [0.1, 0.15) is 38.7 Å². The Labute approximate surface area is 100 Å². The quantitative estimate of drug-likeness (QED) is 0.795. The molecule has 1 N–H and O–H groups in total. The highest BCUT2D eigenvalue weighted by molar-refractivity contribution is 5.25. The summed E-state index contributed by atoms with van der Waals surface area (Å²) in [7, 11) is 0. The van der Waals surface area contributed by atoms with Crippen molar-refractivity contribution < 1.29 is 13.9 Å². The van der Waals surface area contributed by atoms with E-state index in [1.165, 1.54) is 6.07 Å². The molecule has 0 bridgehead atoms. The van der Waals surface area contributed by atoms with Gasteiger partial charge in [-0.05, 0) is 42.4 Å². The predicted molar refractivity (Wildman–Crippen MR) is 62.4 cm³/mol. The molecule has 3 unspecified atom stereocenters. The van der Waals surface area contributed by atoms with E-state index in [-0.39, 0.29) is 5.92 Å². The van der Waals surface area contributed by atoms with Crippen LogP contribution in [0.3, 0.4) is 0 Å². The molecule has 1 aromatic carbocycles. The molecule has 0 spiro atoms. The Morgan fingerprint density at radius 1 is 1.24 bits per heavy atom. The Balaban J connectivity index is 2.39. The summed E-state index contributed by atoms with van der Waals surface area (Å²) in [5, 5.41) is 10.7. The molecule has 1 aromatic rings. The van der Waals surface area contributed by atoms with Crippen molar-refractivity contribution in [2.24, 2.45) is 11.8 Å². The maximum atomic E-state index is 13.2. The zero-order chi connectivity index (χ0) is 12.6. The first-order valence-electron chi connectivity index (χ1n) is 6.13. The number of benzene rings is 1. The van der Waals surface area contributed by atoms with Crippen LogP contribution in [0.2, 0.25) is 0 Å². The number of hydrogen-bond donors (Lipinski definition) is 1. The first kappa shape index (κ1) is 12.5. The largest absolute Gasteiger partial charge is 0.385 e. The number of hydrogen-bond acceptors (Lipinski definition) is 1. The van der Waals surface area contributed by atoms with E-state index in [0.29, 0.717) is 17.9 Å². The average Bonchev–Trinajstić information content (AvgIpc) is 2.29. The third-order valence-corrected chi connectivity index (χ3v) is 4.24. The van der Waals surface area contributed by atoms with Gasteiger partial charge in [0.15, 0.2) is 11.6 Å². The van der Waals surface area contributed by atoms with Gasteiger partial charge in [-0.15, -0.1) is 0 Å². The lowest BCUT2D eigenvalue weighted by molar-refractivity contribution is -0.0691. The van der Waals surface area contributed by atoms with Crippen molar-refractivity contribution in [3.63, 3.8) is 0 Å². The van der Waals surface area contributed by atoms with Gasteiger partial charge in [-0.1, -0.05) is 26.3 Å². The van der Waals surface area contributed by atoms with Gasteiger partial charge >= 0.3 is 0 Å². The van der Waals surface area contributed by atoms with Gasteiger partial charge in [0.25, 0.3) is 0 Å². The topological polar surface area (TPSA) is 20.2 Å². The van der Waals surface area contributed by atoms with Crippen molar-refractivity contribution in [1.82, 2.24) is 0 Å². The molecule has 3 atom stereocenters. The SMILES string of the molecule is CC1CCCC(O)(c2ccc(F)c(F)c2)C1C. The molecule has 1 aliphatic rings. The highest BCUT2D eigenvalue weighted by Crippen LogP contribution is 2.44. The Hall–Kier alpha value is -0.960. The summed E-state index contributed by atoms with van der Waals surface area (Å²) in [5.41, 5.74) is -0.526. The third kappa shape index (κ3) is 2.08. The molecule has 1 aliphatic carbocycles. The standard InChI is InChI=1S/C14H18F2O/c1-9-4-3-7-14(17,10(9)2)11-5-6-12(15)13(16)8-11/h5-6,8-10,17H,3-4,7H2,1-2H3. The first-order chi connectivity index (χ1) is 7.95. The molecular formula is C14H18F2O. The van der Waals surface area contributed by atoms with Gasteiger partial charge in [-0.25, -0.2) is 8.78 Å². The Kier molecular flexibility index (Phi) is 3.21. The van der Waals surface area contributed by atoms with E-state index >= 15 is 0 Å². The van der Waals surface area contributed by atoms with Gasteiger partial charge in [-0.2, -0.15) is 0 Å². The van der Waals surface area contributed by atoms with E-state index in [0.717, 1.165) is 25.0 Å². The van der Waals surface area contributed by atoms with Gasteiger partial charge in [-0.3, -0.25) is 0 Å². The summed E-state index contributed by atoms with van der Waals surface area (Å²) >= 11 is 0. The minimum Gasteiger partial charge on any atom is -0.385 e. The zero-order valence-corrected chi connectivity index (χ0v) is 10.2. The fraction of sp³-hybridized carbons (Fsp3) is 0.571. The van der Waals surface area contributed by atoms with Gasteiger partial charge in [0.1, 0.15) is 0 Å². The molecule has 1 nitrogen and oxygen atoms in total. The van der Waals surface area contributed by atoms with Crippen LogP contribution in [-0.4, -0.2) is 5.11 Å². The van der Waals surface area contributed by atoms with Crippen molar-refractivity contribution in [1.29, 1.82) is 0 Å². The fourth-order valence-electron chi connectivity index (χ4n) is 2.81. The van der Waals surface area contributed by atoms with Crippen LogP contribution in [0, 0.1) is 23.5 Å². The molecule has 1 fully saturated rings. The minimum absolute atomic E-state index is 0.0566. The molecule has 2 rings (SSSR count). The normalized spacial score (nSPS) is 33.7. The van der Waals surface area contributed by atoms with E-state index < -0.39 is 17.2 Å². The van der Waals surface area contributed by atoms with Crippen LogP contribution in [0.4, 0.5) is 8.78 Å². The van der Waals surface area contributed by atoms with Crippen LogP contribution in [0.25, 0.3) is 0 Å². The van der Waals surface area contributed by atoms with Gasteiger partial charge in [0, 0.05) is 0 Å².